The Morgan fingerprint density at radius 1 is 0.313 bits per heavy atom. The van der Waals surface area contributed by atoms with Crippen LogP contribution >= 0.6 is 0 Å². The van der Waals surface area contributed by atoms with Gasteiger partial charge in [-0.15, -0.1) is 0 Å². The van der Waals surface area contributed by atoms with Gasteiger partial charge in [0.1, 0.15) is 13.2 Å². The number of carbonyl (C=O) groups excluding carboxylic acids is 3. The molecule has 0 amide bonds. The molecule has 0 fully saturated rings. The van der Waals surface area contributed by atoms with Gasteiger partial charge in [-0.25, -0.2) is 0 Å². The highest BCUT2D eigenvalue weighted by Gasteiger charge is 2.19. The van der Waals surface area contributed by atoms with Crippen LogP contribution in [0.5, 0.6) is 0 Å². The number of rotatable bonds is 49. The number of carbonyl (C=O) groups is 3. The Balaban J connectivity index is 4.54. The lowest BCUT2D eigenvalue weighted by atomic mass is 10.1. The molecule has 1 atom stereocenters. The molecule has 0 aliphatic heterocycles. The molecule has 0 radical (unpaired) electrons. The second-order valence-corrected chi connectivity index (χ2v) is 18.2. The minimum absolute atomic E-state index is 0.115. The first kappa shape index (κ1) is 63.3. The lowest BCUT2D eigenvalue weighted by molar-refractivity contribution is -0.167. The average molecular weight is 931 g/mol. The van der Waals surface area contributed by atoms with E-state index in [1.165, 1.54) is 103 Å². The Kier molecular flexibility index (Phi) is 51.9. The summed E-state index contributed by atoms with van der Waals surface area (Å²) in [7, 11) is 0. The molecule has 382 valence electrons. The van der Waals surface area contributed by atoms with Gasteiger partial charge in [0.15, 0.2) is 6.10 Å². The Morgan fingerprint density at radius 3 is 1.06 bits per heavy atom. The van der Waals surface area contributed by atoms with Gasteiger partial charge < -0.3 is 14.2 Å². The van der Waals surface area contributed by atoms with E-state index in [0.717, 1.165) is 103 Å². The molecule has 0 aliphatic carbocycles. The third kappa shape index (κ3) is 53.2. The van der Waals surface area contributed by atoms with Crippen LogP contribution in [-0.4, -0.2) is 37.2 Å². The van der Waals surface area contributed by atoms with Crippen molar-refractivity contribution >= 4 is 17.9 Å². The first-order chi connectivity index (χ1) is 33.0. The predicted octanol–water partition coefficient (Wildman–Crippen LogP) is 18.5. The van der Waals surface area contributed by atoms with Crippen molar-refractivity contribution in [2.75, 3.05) is 13.2 Å². The van der Waals surface area contributed by atoms with E-state index in [4.69, 9.17) is 14.2 Å². The number of esters is 3. The van der Waals surface area contributed by atoms with E-state index >= 15 is 0 Å². The summed E-state index contributed by atoms with van der Waals surface area (Å²) in [5, 5.41) is 0. The zero-order valence-electron chi connectivity index (χ0n) is 43.6. The van der Waals surface area contributed by atoms with E-state index in [2.05, 4.69) is 118 Å². The number of hydrogen-bond acceptors (Lipinski definition) is 6. The fourth-order valence-electron chi connectivity index (χ4n) is 7.37. The van der Waals surface area contributed by atoms with Crippen LogP contribution < -0.4 is 0 Å². The maximum Gasteiger partial charge on any atom is 0.306 e. The summed E-state index contributed by atoms with van der Waals surface area (Å²) in [6.45, 7) is 6.51. The first-order valence-electron chi connectivity index (χ1n) is 27.8. The Bertz CT molecular complexity index is 1350. The van der Waals surface area contributed by atoms with Gasteiger partial charge in [0.2, 0.25) is 0 Å². The summed E-state index contributed by atoms with van der Waals surface area (Å²) in [4.78, 5) is 38.1. The van der Waals surface area contributed by atoms with Crippen LogP contribution in [0, 0.1) is 0 Å². The van der Waals surface area contributed by atoms with E-state index in [-0.39, 0.29) is 37.5 Å². The minimum atomic E-state index is -0.822. The molecular weight excluding hydrogens is 829 g/mol. The van der Waals surface area contributed by atoms with Gasteiger partial charge in [-0.05, 0) is 109 Å². The van der Waals surface area contributed by atoms with Crippen molar-refractivity contribution < 1.29 is 28.6 Å². The first-order valence-corrected chi connectivity index (χ1v) is 27.8. The van der Waals surface area contributed by atoms with Crippen molar-refractivity contribution in [3.63, 3.8) is 0 Å². The highest BCUT2D eigenvalue weighted by molar-refractivity contribution is 5.71. The summed E-state index contributed by atoms with van der Waals surface area (Å²) in [5.41, 5.74) is 0. The zero-order valence-corrected chi connectivity index (χ0v) is 43.6. The topological polar surface area (TPSA) is 78.9 Å². The summed E-state index contributed by atoms with van der Waals surface area (Å²) < 4.78 is 16.8. The minimum Gasteiger partial charge on any atom is -0.462 e. The quantitative estimate of drug-likeness (QED) is 0.0199. The normalized spacial score (nSPS) is 12.8. The van der Waals surface area contributed by atoms with E-state index in [0.29, 0.717) is 19.3 Å². The molecule has 6 nitrogen and oxygen atoms in total. The van der Waals surface area contributed by atoms with E-state index in [1.807, 2.05) is 0 Å². The maximum absolute atomic E-state index is 12.8. The molecule has 0 saturated heterocycles. The summed E-state index contributed by atoms with van der Waals surface area (Å²) in [6, 6.07) is 0. The van der Waals surface area contributed by atoms with Gasteiger partial charge in [0, 0.05) is 19.3 Å². The van der Waals surface area contributed by atoms with Crippen LogP contribution in [0.3, 0.4) is 0 Å². The van der Waals surface area contributed by atoms with E-state index < -0.39 is 6.10 Å². The summed E-state index contributed by atoms with van der Waals surface area (Å²) in [6.07, 6.45) is 72.5. The molecule has 6 heteroatoms. The molecular formula is C61H102O6. The van der Waals surface area contributed by atoms with Crippen LogP contribution in [0.25, 0.3) is 0 Å². The fourth-order valence-corrected chi connectivity index (χ4v) is 7.37. The third-order valence-corrected chi connectivity index (χ3v) is 11.6. The second kappa shape index (κ2) is 54.9. The molecule has 0 aromatic heterocycles. The lowest BCUT2D eigenvalue weighted by Crippen LogP contribution is -2.30. The van der Waals surface area contributed by atoms with Crippen LogP contribution in [0.4, 0.5) is 0 Å². The molecule has 0 N–H and O–H groups in total. The van der Waals surface area contributed by atoms with Crippen LogP contribution in [-0.2, 0) is 28.6 Å². The molecule has 0 aromatic carbocycles. The monoisotopic (exact) mass is 931 g/mol. The molecule has 0 heterocycles. The highest BCUT2D eigenvalue weighted by Crippen LogP contribution is 2.13. The van der Waals surface area contributed by atoms with Crippen LogP contribution in [0.2, 0.25) is 0 Å². The van der Waals surface area contributed by atoms with E-state index in [1.54, 1.807) is 0 Å². The molecule has 0 bridgehead atoms. The number of ether oxygens (including phenoxy) is 3. The molecule has 0 aliphatic rings. The number of hydrogen-bond donors (Lipinski definition) is 0. The largest absolute Gasteiger partial charge is 0.462 e. The molecule has 0 rings (SSSR count). The molecule has 1 unspecified atom stereocenters. The van der Waals surface area contributed by atoms with Crippen molar-refractivity contribution in [1.29, 1.82) is 0 Å². The number of allylic oxidation sites excluding steroid dienone is 16. The lowest BCUT2D eigenvalue weighted by Gasteiger charge is -2.18. The SMILES string of the molecule is CCCCC/C=C\C/C=C\C/C=C\C/C=C\CCCC(=O)OC(COC(=O)CCCCC/C=C\CCCCCCCCC)COC(=O)CCCCCCC\C=C/C=C\C=C/CCCCCCC. The second-order valence-electron chi connectivity index (χ2n) is 18.2. The summed E-state index contributed by atoms with van der Waals surface area (Å²) >= 11 is 0. The zero-order chi connectivity index (χ0) is 48.6. The molecule has 0 aromatic rings. The maximum atomic E-state index is 12.8. The van der Waals surface area contributed by atoms with Crippen molar-refractivity contribution in [1.82, 2.24) is 0 Å². The Morgan fingerprint density at radius 2 is 0.612 bits per heavy atom. The van der Waals surface area contributed by atoms with Crippen molar-refractivity contribution in [3.05, 3.63) is 97.2 Å². The van der Waals surface area contributed by atoms with Gasteiger partial charge in [-0.1, -0.05) is 221 Å². The van der Waals surface area contributed by atoms with Gasteiger partial charge >= 0.3 is 17.9 Å². The Labute approximate surface area is 413 Å². The third-order valence-electron chi connectivity index (χ3n) is 11.6. The molecule has 0 spiro atoms. The van der Waals surface area contributed by atoms with Gasteiger partial charge in [-0.3, -0.25) is 14.4 Å². The average Bonchev–Trinajstić information content (AvgIpc) is 3.33. The highest BCUT2D eigenvalue weighted by atomic mass is 16.6. The predicted molar refractivity (Wildman–Crippen MR) is 288 cm³/mol. The van der Waals surface area contributed by atoms with Crippen LogP contribution in [0.15, 0.2) is 97.2 Å². The van der Waals surface area contributed by atoms with Gasteiger partial charge in [-0.2, -0.15) is 0 Å². The van der Waals surface area contributed by atoms with Crippen molar-refractivity contribution in [3.8, 4) is 0 Å². The molecule has 67 heavy (non-hydrogen) atoms. The van der Waals surface area contributed by atoms with Gasteiger partial charge in [0.05, 0.1) is 0 Å². The van der Waals surface area contributed by atoms with Crippen molar-refractivity contribution in [2.24, 2.45) is 0 Å². The van der Waals surface area contributed by atoms with Crippen molar-refractivity contribution in [2.45, 2.75) is 258 Å². The molecule has 0 saturated carbocycles. The smallest absolute Gasteiger partial charge is 0.306 e. The van der Waals surface area contributed by atoms with Gasteiger partial charge in [0.25, 0.3) is 0 Å². The fraction of sp³-hybridized carbons (Fsp3) is 0.689. The summed E-state index contributed by atoms with van der Waals surface area (Å²) in [5.74, 6) is -1.01. The number of unbranched alkanes of at least 4 members (excludes halogenated alkanes) is 24. The Hall–Kier alpha value is -3.67. The standard InChI is InChI=1S/C61H102O6/c1-4-7-10-13-16-19-22-25-28-30-32-33-36-39-42-45-48-51-54-60(63)66-57-58(56-65-59(62)53-50-47-44-41-38-35-27-24-21-18-15-12-9-6-3)67-61(64)55-52-49-46-43-40-37-34-31-29-26-23-20-17-14-11-8-5-2/h17,20,22,25-26,28-30,32-35,37-38,43,46,58H,4-16,18-19,21,23-24,27,31,36,39-42,44-45,47-57H2,1-3H3/b20-17-,25-22-,29-26-,30-28-,33-32-,37-34-,38-35-,46-43-. The van der Waals surface area contributed by atoms with E-state index in [9.17, 15) is 14.4 Å². The van der Waals surface area contributed by atoms with Crippen LogP contribution in [0.1, 0.15) is 252 Å².